The second-order valence-electron chi connectivity index (χ2n) is 6.56. The first-order chi connectivity index (χ1) is 14.3. The molecule has 0 aliphatic heterocycles. The first kappa shape index (κ1) is 20.9. The predicted octanol–water partition coefficient (Wildman–Crippen LogP) is 0.931. The summed E-state index contributed by atoms with van der Waals surface area (Å²) in [6, 6.07) is 4.73. The molecular weight excluding hydrogens is 394 g/mol. The van der Waals surface area contributed by atoms with Gasteiger partial charge in [-0.1, -0.05) is 0 Å². The van der Waals surface area contributed by atoms with Crippen LogP contribution in [0.15, 0.2) is 38.5 Å². The molecule has 3 rings (SSSR count). The van der Waals surface area contributed by atoms with Crippen LogP contribution in [-0.2, 0) is 20.7 Å². The number of nitrogens with two attached hydrogens (primary N) is 1. The third kappa shape index (κ3) is 4.12. The van der Waals surface area contributed by atoms with Gasteiger partial charge in [-0.15, -0.1) is 0 Å². The summed E-state index contributed by atoms with van der Waals surface area (Å²) in [5.74, 6) is -1.87. The molecule has 1 amide bonds. The predicted molar refractivity (Wildman–Crippen MR) is 106 cm³/mol. The maximum atomic E-state index is 13.2. The molecule has 0 aliphatic rings. The van der Waals surface area contributed by atoms with Gasteiger partial charge in [-0.2, -0.15) is 0 Å². The molecule has 4 N–H and O–H groups in total. The molecule has 10 heteroatoms. The molecule has 0 radical (unpaired) electrons. The number of hydrogen-bond donors (Lipinski definition) is 3. The van der Waals surface area contributed by atoms with E-state index in [0.717, 1.165) is 0 Å². The Labute approximate surface area is 170 Å². The first-order valence-corrected chi connectivity index (χ1v) is 9.18. The molecule has 30 heavy (non-hydrogen) atoms. The van der Waals surface area contributed by atoms with Gasteiger partial charge >= 0.3 is 5.97 Å². The highest BCUT2D eigenvalue weighted by atomic mass is 16.5. The van der Waals surface area contributed by atoms with Crippen molar-refractivity contribution < 1.29 is 23.5 Å². The van der Waals surface area contributed by atoms with E-state index >= 15 is 0 Å². The zero-order valence-electron chi connectivity index (χ0n) is 16.4. The molecule has 158 valence electrons. The number of amides is 1. The molecule has 3 aromatic rings. The Balaban J connectivity index is 2.17. The minimum atomic E-state index is -1.02. The molecule has 0 fully saturated rings. The van der Waals surface area contributed by atoms with Crippen LogP contribution in [0.5, 0.6) is 5.75 Å². The lowest BCUT2D eigenvalue weighted by molar-refractivity contribution is -0.142. The number of H-pyrrole nitrogens is 2. The third-order valence-corrected chi connectivity index (χ3v) is 4.66. The smallest absolute Gasteiger partial charge is 0.311 e. The van der Waals surface area contributed by atoms with Crippen LogP contribution in [0.3, 0.4) is 0 Å². The van der Waals surface area contributed by atoms with Crippen LogP contribution in [-0.4, -0.2) is 35.8 Å². The van der Waals surface area contributed by atoms with Gasteiger partial charge in [0.1, 0.15) is 11.3 Å². The number of nitrogens with one attached hydrogen (secondary N) is 2. The Kier molecular flexibility index (Phi) is 6.05. The molecule has 0 saturated carbocycles. The molecule has 1 aromatic carbocycles. The summed E-state index contributed by atoms with van der Waals surface area (Å²) >= 11 is 0. The average molecular weight is 415 g/mol. The minimum absolute atomic E-state index is 0.0522. The van der Waals surface area contributed by atoms with Crippen molar-refractivity contribution in [3.05, 3.63) is 61.9 Å². The van der Waals surface area contributed by atoms with Crippen LogP contribution in [0.2, 0.25) is 0 Å². The fourth-order valence-corrected chi connectivity index (χ4v) is 3.33. The number of aromatic amines is 2. The van der Waals surface area contributed by atoms with Gasteiger partial charge in [0.05, 0.1) is 37.5 Å². The Morgan fingerprint density at radius 2 is 2.00 bits per heavy atom. The molecule has 0 saturated heterocycles. The molecule has 2 aromatic heterocycles. The number of methoxy groups -OCH3 is 1. The number of esters is 1. The van der Waals surface area contributed by atoms with E-state index in [1.165, 1.54) is 19.4 Å². The van der Waals surface area contributed by atoms with E-state index in [1.807, 2.05) is 0 Å². The Morgan fingerprint density at radius 1 is 1.23 bits per heavy atom. The van der Waals surface area contributed by atoms with E-state index in [1.54, 1.807) is 19.1 Å². The zero-order valence-corrected chi connectivity index (χ0v) is 16.4. The zero-order chi connectivity index (χ0) is 21.8. The summed E-state index contributed by atoms with van der Waals surface area (Å²) in [6.07, 6.45) is 0.617. The van der Waals surface area contributed by atoms with Gasteiger partial charge in [-0.05, 0) is 25.1 Å². The van der Waals surface area contributed by atoms with Gasteiger partial charge in [-0.25, -0.2) is 0 Å². The van der Waals surface area contributed by atoms with Gasteiger partial charge in [-0.3, -0.25) is 24.3 Å². The number of carbonyl (C=O) groups excluding carboxylic acids is 2. The van der Waals surface area contributed by atoms with Crippen molar-refractivity contribution in [1.82, 2.24) is 10.2 Å². The number of ether oxygens (including phenoxy) is 2. The van der Waals surface area contributed by atoms with Gasteiger partial charge in [0.15, 0.2) is 5.43 Å². The van der Waals surface area contributed by atoms with Crippen molar-refractivity contribution >= 4 is 22.8 Å². The van der Waals surface area contributed by atoms with Crippen molar-refractivity contribution in [2.45, 2.75) is 25.7 Å². The van der Waals surface area contributed by atoms with E-state index in [0.29, 0.717) is 11.3 Å². The van der Waals surface area contributed by atoms with Crippen molar-refractivity contribution in [3.8, 4) is 5.75 Å². The lowest BCUT2D eigenvalue weighted by atomic mass is 9.88. The van der Waals surface area contributed by atoms with Crippen LogP contribution < -0.4 is 21.5 Å². The number of hydrogen-bond acceptors (Lipinski definition) is 7. The van der Waals surface area contributed by atoms with E-state index < -0.39 is 28.8 Å². The Hall–Kier alpha value is -3.82. The number of primary amides is 1. The standard InChI is InChI=1S/C20H21N3O7/c1-3-29-17(25)8-14-18(20(27)23-22-14)11(7-16(21)24)13-9-30-15-5-4-10(28-2)6-12(15)19(13)26/h4-6,9,11H,3,7-8H2,1-2H3,(H2,21,24)(H2,22,23,27)/t11-/m1/s1. The lowest BCUT2D eigenvalue weighted by Gasteiger charge is -2.15. The minimum Gasteiger partial charge on any atom is -0.497 e. The van der Waals surface area contributed by atoms with E-state index in [2.05, 4.69) is 10.2 Å². The summed E-state index contributed by atoms with van der Waals surface area (Å²) < 4.78 is 15.6. The highest BCUT2D eigenvalue weighted by Gasteiger charge is 2.29. The molecule has 0 spiro atoms. The molecule has 2 heterocycles. The molecule has 1 atom stereocenters. The highest BCUT2D eigenvalue weighted by molar-refractivity contribution is 5.80. The SMILES string of the molecule is CCOC(=O)Cc1[nH][nH]c(=O)c1[C@H](CC(N)=O)c1coc2ccc(OC)cc2c1=O. The van der Waals surface area contributed by atoms with Crippen LogP contribution in [0.25, 0.3) is 11.0 Å². The Morgan fingerprint density at radius 3 is 2.67 bits per heavy atom. The summed E-state index contributed by atoms with van der Waals surface area (Å²) in [5, 5.41) is 5.23. The fourth-order valence-electron chi connectivity index (χ4n) is 3.33. The van der Waals surface area contributed by atoms with E-state index in [4.69, 9.17) is 19.6 Å². The van der Waals surface area contributed by atoms with Crippen molar-refractivity contribution in [2.75, 3.05) is 13.7 Å². The first-order valence-electron chi connectivity index (χ1n) is 9.18. The second kappa shape index (κ2) is 8.68. The van der Waals surface area contributed by atoms with Gasteiger partial charge in [0.25, 0.3) is 5.56 Å². The van der Waals surface area contributed by atoms with Gasteiger partial charge < -0.3 is 24.7 Å². The number of fused-ring (bicyclic) bond motifs is 1. The number of rotatable bonds is 8. The summed E-state index contributed by atoms with van der Waals surface area (Å²) in [7, 11) is 1.46. The fraction of sp³-hybridized carbons (Fsp3) is 0.300. The van der Waals surface area contributed by atoms with Crippen LogP contribution in [0.1, 0.15) is 36.1 Å². The van der Waals surface area contributed by atoms with E-state index in [-0.39, 0.29) is 41.7 Å². The molecule has 10 nitrogen and oxygen atoms in total. The monoisotopic (exact) mass is 415 g/mol. The molecule has 0 unspecified atom stereocenters. The summed E-state index contributed by atoms with van der Waals surface area (Å²) in [4.78, 5) is 49.4. The van der Waals surface area contributed by atoms with Crippen molar-refractivity contribution in [3.63, 3.8) is 0 Å². The summed E-state index contributed by atoms with van der Waals surface area (Å²) in [5.41, 5.74) is 5.00. The maximum absolute atomic E-state index is 13.2. The van der Waals surface area contributed by atoms with Crippen LogP contribution in [0, 0.1) is 0 Å². The highest BCUT2D eigenvalue weighted by Crippen LogP contribution is 2.28. The van der Waals surface area contributed by atoms with Crippen LogP contribution >= 0.6 is 0 Å². The average Bonchev–Trinajstić information content (AvgIpc) is 3.06. The van der Waals surface area contributed by atoms with Crippen LogP contribution in [0.4, 0.5) is 0 Å². The molecule has 0 bridgehead atoms. The topological polar surface area (TPSA) is 157 Å². The molecule has 0 aliphatic carbocycles. The van der Waals surface area contributed by atoms with E-state index in [9.17, 15) is 19.2 Å². The Bertz CT molecular complexity index is 1210. The van der Waals surface area contributed by atoms with Gasteiger partial charge in [0, 0.05) is 23.5 Å². The largest absolute Gasteiger partial charge is 0.497 e. The number of carbonyl (C=O) groups is 2. The quantitative estimate of drug-likeness (QED) is 0.462. The maximum Gasteiger partial charge on any atom is 0.311 e. The molecular formula is C20H21N3O7. The third-order valence-electron chi connectivity index (χ3n) is 4.66. The second-order valence-corrected chi connectivity index (χ2v) is 6.56. The van der Waals surface area contributed by atoms with Crippen molar-refractivity contribution in [2.24, 2.45) is 5.73 Å². The van der Waals surface area contributed by atoms with Crippen molar-refractivity contribution in [1.29, 1.82) is 0 Å². The normalized spacial score (nSPS) is 11.9. The number of benzene rings is 1. The summed E-state index contributed by atoms with van der Waals surface area (Å²) in [6.45, 7) is 1.83. The lowest BCUT2D eigenvalue weighted by Crippen LogP contribution is -2.25. The number of aromatic nitrogens is 2. The van der Waals surface area contributed by atoms with Gasteiger partial charge in [0.2, 0.25) is 5.91 Å².